The van der Waals surface area contributed by atoms with Crippen molar-refractivity contribution in [3.05, 3.63) is 22.4 Å². The number of piperidine rings is 1. The molecule has 25 heavy (non-hydrogen) atoms. The Morgan fingerprint density at radius 2 is 2.32 bits per heavy atom. The van der Waals surface area contributed by atoms with E-state index in [4.69, 9.17) is 4.74 Å². The van der Waals surface area contributed by atoms with Gasteiger partial charge >= 0.3 is 0 Å². The van der Waals surface area contributed by atoms with Crippen LogP contribution >= 0.6 is 11.3 Å². The van der Waals surface area contributed by atoms with Crippen LogP contribution in [0.2, 0.25) is 0 Å². The molecule has 3 heterocycles. The zero-order valence-corrected chi connectivity index (χ0v) is 15.6. The number of carbonyl (C=O) groups excluding carboxylic acids is 1. The maximum absolute atomic E-state index is 12.8. The fraction of sp³-hybridized carbons (Fsp3) is 0.667. The lowest BCUT2D eigenvalue weighted by molar-refractivity contribution is 0.0248. The maximum Gasteiger partial charge on any atom is 0.273 e. The van der Waals surface area contributed by atoms with Crippen LogP contribution in [-0.4, -0.2) is 81.8 Å². The van der Waals surface area contributed by atoms with Crippen LogP contribution in [0.25, 0.3) is 0 Å². The van der Waals surface area contributed by atoms with Crippen LogP contribution in [0.4, 0.5) is 0 Å². The molecule has 136 valence electrons. The Hall–Kier alpha value is -1.91. The fourth-order valence-electron chi connectivity index (χ4n) is 3.30. The van der Waals surface area contributed by atoms with E-state index in [0.717, 1.165) is 18.7 Å². The molecule has 1 aliphatic heterocycles. The first-order valence-electron chi connectivity index (χ1n) is 8.19. The molecule has 0 bridgehead atoms. The normalized spacial score (nSPS) is 21.0. The van der Waals surface area contributed by atoms with Crippen LogP contribution in [0.3, 0.4) is 0 Å². The second kappa shape index (κ2) is 7.54. The smallest absolute Gasteiger partial charge is 0.273 e. The van der Waals surface area contributed by atoms with E-state index in [-0.39, 0.29) is 5.91 Å². The third-order valence-electron chi connectivity index (χ3n) is 4.72. The molecule has 0 aliphatic carbocycles. The fourth-order valence-corrected chi connectivity index (χ4v) is 3.83. The van der Waals surface area contributed by atoms with Crippen LogP contribution < -0.4 is 0 Å². The Balaban J connectivity index is 1.90. The van der Waals surface area contributed by atoms with Gasteiger partial charge in [0.1, 0.15) is 11.2 Å². The van der Waals surface area contributed by atoms with Gasteiger partial charge in [0, 0.05) is 25.6 Å². The van der Waals surface area contributed by atoms with Gasteiger partial charge < -0.3 is 9.64 Å². The second-order valence-electron chi connectivity index (χ2n) is 6.35. The molecule has 1 saturated heterocycles. The molecule has 3 rings (SSSR count). The molecule has 0 saturated carbocycles. The van der Waals surface area contributed by atoms with Crippen molar-refractivity contribution in [1.29, 1.82) is 0 Å². The Kier molecular flexibility index (Phi) is 5.40. The minimum absolute atomic E-state index is 0.0388. The first kappa shape index (κ1) is 17.9. The molecular weight excluding hydrogens is 342 g/mol. The zero-order valence-electron chi connectivity index (χ0n) is 14.8. The van der Waals surface area contributed by atoms with Crippen molar-refractivity contribution in [3.63, 3.8) is 0 Å². The third-order valence-corrected chi connectivity index (χ3v) is 5.31. The summed E-state index contributed by atoms with van der Waals surface area (Å²) >= 11 is 1.43. The third kappa shape index (κ3) is 3.42. The van der Waals surface area contributed by atoms with E-state index in [1.165, 1.54) is 11.3 Å². The van der Waals surface area contributed by atoms with Gasteiger partial charge in [0.25, 0.3) is 5.91 Å². The number of hydrogen-bond acceptors (Lipinski definition) is 8. The Bertz CT molecular complexity index is 703. The highest BCUT2D eigenvalue weighted by Crippen LogP contribution is 2.35. The van der Waals surface area contributed by atoms with Crippen molar-refractivity contribution in [3.8, 4) is 0 Å². The van der Waals surface area contributed by atoms with E-state index in [1.54, 1.807) is 22.7 Å². The van der Waals surface area contributed by atoms with Crippen molar-refractivity contribution in [2.24, 2.45) is 0 Å². The number of nitrogens with zero attached hydrogens (tertiary/aromatic N) is 7. The lowest BCUT2D eigenvalue weighted by Crippen LogP contribution is -2.56. The van der Waals surface area contributed by atoms with Gasteiger partial charge in [0.15, 0.2) is 5.82 Å². The number of ether oxygens (including phenoxy) is 1. The number of rotatable bonds is 6. The van der Waals surface area contributed by atoms with Gasteiger partial charge in [0.05, 0.1) is 18.7 Å². The standard InChI is InChI=1S/C15H23N7O2S/c1-20(2)15(14-17-18-19-22(14)7-8-24-3)5-4-6-21(10-15)13(23)12-9-25-11-16-12/h9,11H,4-8,10H2,1-3H3. The number of likely N-dealkylation sites (tertiary alicyclic amines) is 1. The predicted octanol–water partition coefficient (Wildman–Crippen LogP) is 0.469. The minimum atomic E-state index is -0.429. The molecule has 1 amide bonds. The number of tetrazole rings is 1. The first-order valence-corrected chi connectivity index (χ1v) is 9.13. The van der Waals surface area contributed by atoms with Gasteiger partial charge in [-0.2, -0.15) is 0 Å². The molecule has 0 N–H and O–H groups in total. The summed E-state index contributed by atoms with van der Waals surface area (Å²) in [5, 5.41) is 14.1. The van der Waals surface area contributed by atoms with E-state index < -0.39 is 5.54 Å². The molecule has 1 unspecified atom stereocenters. The van der Waals surface area contributed by atoms with Crippen LogP contribution in [0.5, 0.6) is 0 Å². The summed E-state index contributed by atoms with van der Waals surface area (Å²) in [4.78, 5) is 20.9. The Labute approximate surface area is 150 Å². The van der Waals surface area contributed by atoms with Crippen molar-refractivity contribution in [2.75, 3.05) is 40.9 Å². The van der Waals surface area contributed by atoms with Crippen molar-refractivity contribution in [1.82, 2.24) is 35.0 Å². The molecule has 2 aromatic heterocycles. The summed E-state index contributed by atoms with van der Waals surface area (Å²) in [5.74, 6) is 0.730. The SMILES string of the molecule is COCCn1nnnc1C1(N(C)C)CCCN(C(=O)c2cscn2)C1. The quantitative estimate of drug-likeness (QED) is 0.735. The molecule has 0 aromatic carbocycles. The second-order valence-corrected chi connectivity index (χ2v) is 7.07. The lowest BCUT2D eigenvalue weighted by Gasteiger charge is -2.45. The van der Waals surface area contributed by atoms with E-state index >= 15 is 0 Å². The first-order chi connectivity index (χ1) is 12.1. The van der Waals surface area contributed by atoms with E-state index in [0.29, 0.717) is 31.9 Å². The number of hydrogen-bond donors (Lipinski definition) is 0. The van der Waals surface area contributed by atoms with Gasteiger partial charge in [-0.15, -0.1) is 16.4 Å². The summed E-state index contributed by atoms with van der Waals surface area (Å²) in [6.45, 7) is 2.35. The Morgan fingerprint density at radius 3 is 3.00 bits per heavy atom. The van der Waals surface area contributed by atoms with E-state index in [1.807, 2.05) is 19.0 Å². The monoisotopic (exact) mass is 365 g/mol. The molecule has 1 fully saturated rings. The van der Waals surface area contributed by atoms with Crippen LogP contribution in [0, 0.1) is 0 Å². The minimum Gasteiger partial charge on any atom is -0.383 e. The number of carbonyl (C=O) groups is 1. The molecule has 1 atom stereocenters. The molecule has 2 aromatic rings. The van der Waals surface area contributed by atoms with Gasteiger partial charge in [-0.25, -0.2) is 9.67 Å². The molecule has 1 aliphatic rings. The van der Waals surface area contributed by atoms with E-state index in [9.17, 15) is 4.79 Å². The van der Waals surface area contributed by atoms with Crippen LogP contribution in [-0.2, 0) is 16.8 Å². The van der Waals surface area contributed by atoms with Crippen molar-refractivity contribution >= 4 is 17.2 Å². The molecular formula is C15H23N7O2S. The molecule has 0 spiro atoms. The van der Waals surface area contributed by atoms with Gasteiger partial charge in [-0.3, -0.25) is 9.69 Å². The number of likely N-dealkylation sites (N-methyl/N-ethyl adjacent to an activating group) is 1. The van der Waals surface area contributed by atoms with Crippen molar-refractivity contribution < 1.29 is 9.53 Å². The predicted molar refractivity (Wildman–Crippen MR) is 92.3 cm³/mol. The topological polar surface area (TPSA) is 89.3 Å². The summed E-state index contributed by atoms with van der Waals surface area (Å²) in [6.07, 6.45) is 1.76. The highest BCUT2D eigenvalue weighted by molar-refractivity contribution is 7.07. The Morgan fingerprint density at radius 1 is 1.48 bits per heavy atom. The summed E-state index contributed by atoms with van der Waals surface area (Å²) < 4.78 is 6.94. The highest BCUT2D eigenvalue weighted by Gasteiger charge is 2.45. The highest BCUT2D eigenvalue weighted by atomic mass is 32.1. The lowest BCUT2D eigenvalue weighted by atomic mass is 9.86. The van der Waals surface area contributed by atoms with Gasteiger partial charge in [-0.05, 0) is 37.4 Å². The average Bonchev–Trinajstić information content (AvgIpc) is 3.31. The maximum atomic E-state index is 12.8. The van der Waals surface area contributed by atoms with Gasteiger partial charge in [-0.1, -0.05) is 0 Å². The largest absolute Gasteiger partial charge is 0.383 e. The molecule has 10 heteroatoms. The van der Waals surface area contributed by atoms with Crippen LogP contribution in [0.15, 0.2) is 10.9 Å². The average molecular weight is 365 g/mol. The molecule has 0 radical (unpaired) electrons. The molecule has 9 nitrogen and oxygen atoms in total. The number of amides is 1. The van der Waals surface area contributed by atoms with Crippen molar-refractivity contribution in [2.45, 2.75) is 24.9 Å². The number of thiazole rings is 1. The van der Waals surface area contributed by atoms with Gasteiger partial charge in [0.2, 0.25) is 0 Å². The number of methoxy groups -OCH3 is 1. The summed E-state index contributed by atoms with van der Waals surface area (Å²) in [7, 11) is 5.67. The number of aromatic nitrogens is 5. The summed E-state index contributed by atoms with van der Waals surface area (Å²) in [5.41, 5.74) is 1.75. The van der Waals surface area contributed by atoms with Crippen LogP contribution in [0.1, 0.15) is 29.2 Å². The zero-order chi connectivity index (χ0) is 17.9. The summed E-state index contributed by atoms with van der Waals surface area (Å²) in [6, 6.07) is 0. The van der Waals surface area contributed by atoms with E-state index in [2.05, 4.69) is 25.4 Å².